The van der Waals surface area contributed by atoms with Gasteiger partial charge in [-0.15, -0.1) is 0 Å². The normalized spacial score (nSPS) is 22.8. The molecule has 7 nitrogen and oxygen atoms in total. The lowest BCUT2D eigenvalue weighted by Crippen LogP contribution is -2.35. The average molecular weight is 429 g/mol. The van der Waals surface area contributed by atoms with E-state index in [9.17, 15) is 9.59 Å². The first-order valence-electron chi connectivity index (χ1n) is 10.6. The highest BCUT2D eigenvalue weighted by Crippen LogP contribution is 2.37. The molecule has 0 bridgehead atoms. The maximum Gasteiger partial charge on any atom is 0.253 e. The quantitative estimate of drug-likeness (QED) is 0.662. The fraction of sp³-hybridized carbons (Fsp3) is 0.240. The Bertz CT molecular complexity index is 1110. The van der Waals surface area contributed by atoms with E-state index in [1.807, 2.05) is 62.4 Å². The van der Waals surface area contributed by atoms with Crippen LogP contribution < -0.4 is 20.1 Å². The largest absolute Gasteiger partial charge is 0.488 e. The topological polar surface area (TPSA) is 89.5 Å². The van der Waals surface area contributed by atoms with Gasteiger partial charge in [-0.2, -0.15) is 0 Å². The Kier molecular flexibility index (Phi) is 5.01. The van der Waals surface area contributed by atoms with Crippen molar-refractivity contribution in [3.8, 4) is 11.5 Å². The molecular weight excluding hydrogens is 406 g/mol. The molecule has 2 aliphatic rings. The van der Waals surface area contributed by atoms with Crippen LogP contribution >= 0.6 is 0 Å². The number of nitrogens with one attached hydrogen (secondary N) is 2. The smallest absolute Gasteiger partial charge is 0.253 e. The van der Waals surface area contributed by atoms with Crippen LogP contribution in [-0.4, -0.2) is 29.0 Å². The molecule has 0 aliphatic carbocycles. The van der Waals surface area contributed by atoms with Crippen LogP contribution in [0.4, 0.5) is 0 Å². The third-order valence-corrected chi connectivity index (χ3v) is 5.91. The van der Waals surface area contributed by atoms with Gasteiger partial charge in [-0.05, 0) is 32.0 Å². The zero-order valence-electron chi connectivity index (χ0n) is 17.7. The average Bonchev–Trinajstić information content (AvgIpc) is 3.29. The van der Waals surface area contributed by atoms with E-state index in [2.05, 4.69) is 15.6 Å². The molecule has 3 heterocycles. The Morgan fingerprint density at radius 1 is 0.750 bits per heavy atom. The Morgan fingerprint density at radius 3 is 1.66 bits per heavy atom. The minimum Gasteiger partial charge on any atom is -0.488 e. The molecule has 5 rings (SSSR count). The number of benzene rings is 2. The molecule has 2 N–H and O–H groups in total. The van der Waals surface area contributed by atoms with Gasteiger partial charge >= 0.3 is 0 Å². The van der Waals surface area contributed by atoms with Gasteiger partial charge in [0.15, 0.2) is 0 Å². The van der Waals surface area contributed by atoms with E-state index in [-0.39, 0.29) is 36.1 Å². The monoisotopic (exact) mass is 429 g/mol. The van der Waals surface area contributed by atoms with E-state index in [4.69, 9.17) is 9.47 Å². The van der Waals surface area contributed by atoms with Crippen molar-refractivity contribution in [3.63, 3.8) is 0 Å². The molecule has 4 atom stereocenters. The first kappa shape index (κ1) is 20.1. The summed E-state index contributed by atoms with van der Waals surface area (Å²) in [5.74, 6) is 0.911. The molecule has 4 unspecified atom stereocenters. The van der Waals surface area contributed by atoms with Crippen molar-refractivity contribution < 1.29 is 19.1 Å². The maximum absolute atomic E-state index is 12.9. The molecular formula is C25H23N3O4. The molecule has 3 aromatic rings. The SMILES string of the molecule is CC1Oc2ccccc2C1NC(=O)c1cncc(C(=O)NC2c3ccccc3OC2C)c1. The van der Waals surface area contributed by atoms with Gasteiger partial charge in [-0.3, -0.25) is 14.6 Å². The molecule has 0 spiro atoms. The molecule has 0 saturated carbocycles. The van der Waals surface area contributed by atoms with Gasteiger partial charge < -0.3 is 20.1 Å². The highest BCUT2D eigenvalue weighted by atomic mass is 16.5. The summed E-state index contributed by atoms with van der Waals surface area (Å²) in [6.45, 7) is 3.82. The molecule has 2 aliphatic heterocycles. The highest BCUT2D eigenvalue weighted by molar-refractivity contribution is 5.99. The Balaban J connectivity index is 1.32. The molecule has 2 aromatic carbocycles. The number of hydrogen-bond donors (Lipinski definition) is 2. The molecule has 32 heavy (non-hydrogen) atoms. The third kappa shape index (κ3) is 3.56. The van der Waals surface area contributed by atoms with E-state index >= 15 is 0 Å². The summed E-state index contributed by atoms with van der Waals surface area (Å²) in [6.07, 6.45) is 2.52. The number of para-hydroxylation sites is 2. The number of rotatable bonds is 4. The van der Waals surface area contributed by atoms with Crippen molar-refractivity contribution in [3.05, 3.63) is 89.2 Å². The van der Waals surface area contributed by atoms with Crippen molar-refractivity contribution in [1.29, 1.82) is 0 Å². The van der Waals surface area contributed by atoms with Crippen molar-refractivity contribution in [2.45, 2.75) is 38.1 Å². The summed E-state index contributed by atoms with van der Waals surface area (Å²) < 4.78 is 11.6. The number of fused-ring (bicyclic) bond motifs is 2. The number of pyridine rings is 1. The van der Waals surface area contributed by atoms with Crippen LogP contribution in [0.1, 0.15) is 57.8 Å². The first-order chi connectivity index (χ1) is 15.5. The number of carbonyl (C=O) groups is 2. The van der Waals surface area contributed by atoms with Crippen LogP contribution in [0, 0.1) is 0 Å². The summed E-state index contributed by atoms with van der Waals surface area (Å²) in [7, 11) is 0. The first-order valence-corrected chi connectivity index (χ1v) is 10.6. The number of hydrogen-bond acceptors (Lipinski definition) is 5. The van der Waals surface area contributed by atoms with E-state index in [0.29, 0.717) is 11.1 Å². The van der Waals surface area contributed by atoms with Gasteiger partial charge in [-0.25, -0.2) is 0 Å². The second-order valence-corrected chi connectivity index (χ2v) is 8.09. The lowest BCUT2D eigenvalue weighted by molar-refractivity contribution is 0.0906. The van der Waals surface area contributed by atoms with Crippen LogP contribution in [-0.2, 0) is 0 Å². The van der Waals surface area contributed by atoms with E-state index in [0.717, 1.165) is 22.6 Å². The van der Waals surface area contributed by atoms with Gasteiger partial charge in [0.2, 0.25) is 0 Å². The summed E-state index contributed by atoms with van der Waals surface area (Å²) >= 11 is 0. The Hall–Kier alpha value is -3.87. The minimum absolute atomic E-state index is 0.195. The standard InChI is InChI=1S/C25H23N3O4/c1-14-22(18-7-3-5-9-20(18)31-14)27-24(29)16-11-17(13-26-12-16)25(30)28-23-15(2)32-21-10-6-4-8-19(21)23/h3-15,22-23H,1-2H3,(H,27,29)(H,28,30). The van der Waals surface area contributed by atoms with Crippen molar-refractivity contribution in [1.82, 2.24) is 15.6 Å². The number of amides is 2. The lowest BCUT2D eigenvalue weighted by atomic mass is 10.0. The van der Waals surface area contributed by atoms with Crippen LogP contribution in [0.3, 0.4) is 0 Å². The second kappa shape index (κ2) is 8.00. The van der Waals surface area contributed by atoms with Crippen LogP contribution in [0.5, 0.6) is 11.5 Å². The van der Waals surface area contributed by atoms with Crippen LogP contribution in [0.15, 0.2) is 67.0 Å². The molecule has 0 fully saturated rings. The van der Waals surface area contributed by atoms with Crippen LogP contribution in [0.2, 0.25) is 0 Å². The van der Waals surface area contributed by atoms with Crippen molar-refractivity contribution in [2.24, 2.45) is 0 Å². The number of nitrogens with zero attached hydrogens (tertiary/aromatic N) is 1. The third-order valence-electron chi connectivity index (χ3n) is 5.91. The Labute approximate surface area is 185 Å². The van der Waals surface area contributed by atoms with Crippen molar-refractivity contribution in [2.75, 3.05) is 0 Å². The number of aromatic nitrogens is 1. The molecule has 0 saturated heterocycles. The van der Waals surface area contributed by atoms with Gasteiger partial charge in [0, 0.05) is 23.5 Å². The summed E-state index contributed by atoms with van der Waals surface area (Å²) in [5, 5.41) is 6.01. The summed E-state index contributed by atoms with van der Waals surface area (Å²) in [4.78, 5) is 30.0. The predicted molar refractivity (Wildman–Crippen MR) is 118 cm³/mol. The Morgan fingerprint density at radius 2 is 1.19 bits per heavy atom. The lowest BCUT2D eigenvalue weighted by Gasteiger charge is -2.18. The predicted octanol–water partition coefficient (Wildman–Crippen LogP) is 3.59. The van der Waals surface area contributed by atoms with E-state index in [1.165, 1.54) is 12.4 Å². The maximum atomic E-state index is 12.9. The van der Waals surface area contributed by atoms with Gasteiger partial charge in [-0.1, -0.05) is 36.4 Å². The van der Waals surface area contributed by atoms with Gasteiger partial charge in [0.25, 0.3) is 11.8 Å². The minimum atomic E-state index is -0.313. The van der Waals surface area contributed by atoms with E-state index < -0.39 is 0 Å². The summed E-state index contributed by atoms with van der Waals surface area (Å²) in [6, 6.07) is 16.3. The zero-order chi connectivity index (χ0) is 22.2. The van der Waals surface area contributed by atoms with Crippen molar-refractivity contribution >= 4 is 11.8 Å². The summed E-state index contributed by atoms with van der Waals surface area (Å²) in [5.41, 5.74) is 2.49. The molecule has 7 heteroatoms. The molecule has 2 amide bonds. The molecule has 0 radical (unpaired) electrons. The van der Waals surface area contributed by atoms with E-state index in [1.54, 1.807) is 6.07 Å². The molecule has 1 aromatic heterocycles. The number of ether oxygens (including phenoxy) is 2. The molecule has 162 valence electrons. The fourth-order valence-electron chi connectivity index (χ4n) is 4.26. The second-order valence-electron chi connectivity index (χ2n) is 8.09. The zero-order valence-corrected chi connectivity index (χ0v) is 17.7. The van der Waals surface area contributed by atoms with Gasteiger partial charge in [0.05, 0.1) is 23.2 Å². The van der Waals surface area contributed by atoms with Gasteiger partial charge in [0.1, 0.15) is 23.7 Å². The fourth-order valence-corrected chi connectivity index (χ4v) is 4.26. The highest BCUT2D eigenvalue weighted by Gasteiger charge is 2.34. The van der Waals surface area contributed by atoms with Crippen LogP contribution in [0.25, 0.3) is 0 Å². The number of carbonyl (C=O) groups excluding carboxylic acids is 2.